The van der Waals surface area contributed by atoms with E-state index in [0.29, 0.717) is 17.4 Å². The molecule has 7 heteroatoms. The van der Waals surface area contributed by atoms with Crippen molar-refractivity contribution in [1.82, 2.24) is 5.32 Å². The first-order valence-electron chi connectivity index (χ1n) is 7.55. The van der Waals surface area contributed by atoms with Crippen LogP contribution in [0.15, 0.2) is 46.9 Å². The van der Waals surface area contributed by atoms with Crippen molar-refractivity contribution in [3.63, 3.8) is 0 Å². The van der Waals surface area contributed by atoms with Gasteiger partial charge in [-0.25, -0.2) is 13.6 Å². The molecular weight excluding hydrogens is 396 g/mol. The molecule has 0 unspecified atom stereocenters. The molecule has 1 amide bonds. The van der Waals surface area contributed by atoms with Crippen LogP contribution in [0.4, 0.5) is 8.78 Å². The summed E-state index contributed by atoms with van der Waals surface area (Å²) in [4.78, 5) is 24.0. The van der Waals surface area contributed by atoms with Crippen LogP contribution < -0.4 is 5.32 Å². The van der Waals surface area contributed by atoms with Gasteiger partial charge in [0.1, 0.15) is 11.6 Å². The number of rotatable bonds is 6. The van der Waals surface area contributed by atoms with Crippen molar-refractivity contribution in [3.05, 3.63) is 69.7 Å². The third-order valence-electron chi connectivity index (χ3n) is 3.43. The van der Waals surface area contributed by atoms with E-state index in [9.17, 15) is 18.4 Å². The molecule has 0 bridgehead atoms. The minimum atomic E-state index is -1.03. The van der Waals surface area contributed by atoms with Crippen molar-refractivity contribution in [2.75, 3.05) is 6.54 Å². The fraction of sp³-hybridized carbons (Fsp3) is 0.222. The fourth-order valence-electron chi connectivity index (χ4n) is 2.06. The number of carbonyl (C=O) groups excluding carboxylic acids is 2. The number of hydrogen-bond acceptors (Lipinski definition) is 3. The molecule has 0 aliphatic rings. The van der Waals surface area contributed by atoms with Crippen molar-refractivity contribution in [2.45, 2.75) is 19.4 Å². The van der Waals surface area contributed by atoms with E-state index < -0.39 is 23.8 Å². The lowest BCUT2D eigenvalue weighted by Gasteiger charge is -2.14. The molecule has 0 radical (unpaired) electrons. The van der Waals surface area contributed by atoms with Crippen LogP contribution >= 0.6 is 15.9 Å². The SMILES string of the molecule is C[C@H](OC(=O)c1cc(F)ccc1Br)C(=O)NCCc1ccc(F)cc1. The molecule has 25 heavy (non-hydrogen) atoms. The summed E-state index contributed by atoms with van der Waals surface area (Å²) in [7, 11) is 0. The molecule has 1 N–H and O–H groups in total. The summed E-state index contributed by atoms with van der Waals surface area (Å²) >= 11 is 3.14. The van der Waals surface area contributed by atoms with Crippen molar-refractivity contribution < 1.29 is 23.1 Å². The molecule has 1 atom stereocenters. The lowest BCUT2D eigenvalue weighted by atomic mass is 10.1. The van der Waals surface area contributed by atoms with Crippen molar-refractivity contribution in [2.24, 2.45) is 0 Å². The van der Waals surface area contributed by atoms with E-state index >= 15 is 0 Å². The van der Waals surface area contributed by atoms with Crippen LogP contribution in [-0.2, 0) is 16.0 Å². The number of halogens is 3. The van der Waals surface area contributed by atoms with E-state index in [1.807, 2.05) is 0 Å². The normalized spacial score (nSPS) is 11.7. The Hall–Kier alpha value is -2.28. The van der Waals surface area contributed by atoms with Crippen LogP contribution in [0.1, 0.15) is 22.8 Å². The predicted molar refractivity (Wildman–Crippen MR) is 92.1 cm³/mol. The van der Waals surface area contributed by atoms with Gasteiger partial charge in [0.2, 0.25) is 0 Å². The lowest BCUT2D eigenvalue weighted by molar-refractivity contribution is -0.129. The highest BCUT2D eigenvalue weighted by molar-refractivity contribution is 9.10. The number of amides is 1. The van der Waals surface area contributed by atoms with Gasteiger partial charge < -0.3 is 10.1 Å². The van der Waals surface area contributed by atoms with Gasteiger partial charge in [-0.05, 0) is 65.2 Å². The van der Waals surface area contributed by atoms with E-state index in [4.69, 9.17) is 4.74 Å². The average Bonchev–Trinajstić information content (AvgIpc) is 2.58. The van der Waals surface area contributed by atoms with Gasteiger partial charge in [0.25, 0.3) is 5.91 Å². The molecule has 0 heterocycles. The van der Waals surface area contributed by atoms with E-state index in [0.717, 1.165) is 11.6 Å². The van der Waals surface area contributed by atoms with Gasteiger partial charge >= 0.3 is 5.97 Å². The number of hydrogen-bond donors (Lipinski definition) is 1. The molecule has 2 aromatic carbocycles. The van der Waals surface area contributed by atoms with Crippen molar-refractivity contribution in [3.8, 4) is 0 Å². The van der Waals surface area contributed by atoms with Crippen LogP contribution in [0.3, 0.4) is 0 Å². The molecule has 0 fully saturated rings. The number of esters is 1. The maximum atomic E-state index is 13.2. The third-order valence-corrected chi connectivity index (χ3v) is 4.12. The second-order valence-corrected chi connectivity index (χ2v) is 6.19. The molecule has 0 saturated carbocycles. The Kier molecular flexibility index (Phi) is 6.64. The summed E-state index contributed by atoms with van der Waals surface area (Å²) in [6, 6.07) is 9.58. The molecule has 132 valence electrons. The molecule has 0 aliphatic heterocycles. The minimum Gasteiger partial charge on any atom is -0.449 e. The summed E-state index contributed by atoms with van der Waals surface area (Å²) in [6.45, 7) is 1.74. The fourth-order valence-corrected chi connectivity index (χ4v) is 2.46. The number of benzene rings is 2. The highest BCUT2D eigenvalue weighted by atomic mass is 79.9. The Bertz CT molecular complexity index is 765. The van der Waals surface area contributed by atoms with Crippen LogP contribution in [0.25, 0.3) is 0 Å². The minimum absolute atomic E-state index is 0.00552. The topological polar surface area (TPSA) is 55.4 Å². The summed E-state index contributed by atoms with van der Waals surface area (Å²) < 4.78 is 31.5. The van der Waals surface area contributed by atoms with Gasteiger partial charge in [-0.1, -0.05) is 12.1 Å². The van der Waals surface area contributed by atoms with E-state index in [-0.39, 0.29) is 11.4 Å². The van der Waals surface area contributed by atoms with E-state index in [1.165, 1.54) is 31.2 Å². The Balaban J connectivity index is 1.84. The Morgan fingerprint density at radius 2 is 1.76 bits per heavy atom. The van der Waals surface area contributed by atoms with E-state index in [2.05, 4.69) is 21.2 Å². The summed E-state index contributed by atoms with van der Waals surface area (Å²) in [5, 5.41) is 2.63. The summed E-state index contributed by atoms with van der Waals surface area (Å²) in [5.74, 6) is -2.17. The Labute approximate surface area is 152 Å². The number of nitrogens with one attached hydrogen (secondary N) is 1. The quantitative estimate of drug-likeness (QED) is 0.738. The van der Waals surface area contributed by atoms with Crippen molar-refractivity contribution >= 4 is 27.8 Å². The molecule has 0 saturated heterocycles. The standard InChI is InChI=1S/C18H16BrF2NO3/c1-11(25-18(24)15-10-14(21)6-7-16(15)19)17(23)22-9-8-12-2-4-13(20)5-3-12/h2-7,10-11H,8-9H2,1H3,(H,22,23)/t11-/m0/s1. The zero-order valence-corrected chi connectivity index (χ0v) is 15.0. The average molecular weight is 412 g/mol. The highest BCUT2D eigenvalue weighted by Gasteiger charge is 2.20. The van der Waals surface area contributed by atoms with Gasteiger partial charge in [0.05, 0.1) is 5.56 Å². The monoisotopic (exact) mass is 411 g/mol. The highest BCUT2D eigenvalue weighted by Crippen LogP contribution is 2.19. The molecule has 2 aromatic rings. The molecule has 2 rings (SSSR count). The smallest absolute Gasteiger partial charge is 0.340 e. The van der Waals surface area contributed by atoms with Gasteiger partial charge in [-0.15, -0.1) is 0 Å². The number of ether oxygens (including phenoxy) is 1. The maximum absolute atomic E-state index is 13.2. The molecule has 0 spiro atoms. The second-order valence-electron chi connectivity index (χ2n) is 5.34. The summed E-state index contributed by atoms with van der Waals surface area (Å²) in [6.07, 6.45) is -0.516. The lowest BCUT2D eigenvalue weighted by Crippen LogP contribution is -2.37. The van der Waals surface area contributed by atoms with Gasteiger partial charge in [0, 0.05) is 11.0 Å². The van der Waals surface area contributed by atoms with Crippen LogP contribution in [-0.4, -0.2) is 24.5 Å². The first kappa shape index (κ1) is 19.1. The third kappa shape index (κ3) is 5.63. The van der Waals surface area contributed by atoms with Gasteiger partial charge in [0.15, 0.2) is 6.10 Å². The first-order valence-corrected chi connectivity index (χ1v) is 8.34. The summed E-state index contributed by atoms with van der Waals surface area (Å²) in [5.41, 5.74) is 0.876. The van der Waals surface area contributed by atoms with E-state index in [1.54, 1.807) is 12.1 Å². The zero-order valence-electron chi connectivity index (χ0n) is 13.4. The van der Waals surface area contributed by atoms with Crippen molar-refractivity contribution in [1.29, 1.82) is 0 Å². The van der Waals surface area contributed by atoms with Gasteiger partial charge in [-0.3, -0.25) is 4.79 Å². The maximum Gasteiger partial charge on any atom is 0.340 e. The Morgan fingerprint density at radius 1 is 1.12 bits per heavy atom. The van der Waals surface area contributed by atoms with Gasteiger partial charge in [-0.2, -0.15) is 0 Å². The molecular formula is C18H16BrF2NO3. The van der Waals surface area contributed by atoms with Crippen LogP contribution in [0, 0.1) is 11.6 Å². The Morgan fingerprint density at radius 3 is 2.44 bits per heavy atom. The molecule has 0 aliphatic carbocycles. The van der Waals surface area contributed by atoms with Crippen LogP contribution in [0.5, 0.6) is 0 Å². The molecule has 0 aromatic heterocycles. The largest absolute Gasteiger partial charge is 0.449 e. The van der Waals surface area contributed by atoms with Crippen LogP contribution in [0.2, 0.25) is 0 Å². The number of carbonyl (C=O) groups is 2. The first-order chi connectivity index (χ1) is 11.9. The zero-order chi connectivity index (χ0) is 18.4. The molecule has 4 nitrogen and oxygen atoms in total. The predicted octanol–water partition coefficient (Wildman–Crippen LogP) is 3.63. The second kappa shape index (κ2) is 8.71.